The summed E-state index contributed by atoms with van der Waals surface area (Å²) < 4.78 is 0. The van der Waals surface area contributed by atoms with Crippen molar-refractivity contribution in [2.75, 3.05) is 13.1 Å². The highest BCUT2D eigenvalue weighted by molar-refractivity contribution is 5.96. The van der Waals surface area contributed by atoms with Crippen molar-refractivity contribution in [3.05, 3.63) is 29.3 Å². The number of benzene rings is 1. The van der Waals surface area contributed by atoms with Crippen LogP contribution in [0.1, 0.15) is 42.1 Å². The van der Waals surface area contributed by atoms with E-state index in [9.17, 15) is 15.0 Å². The van der Waals surface area contributed by atoms with Gasteiger partial charge in [-0.05, 0) is 50.8 Å². The molecule has 4 heteroatoms. The summed E-state index contributed by atoms with van der Waals surface area (Å²) in [5.74, 6) is -0.129. The third kappa shape index (κ3) is 3.26. The summed E-state index contributed by atoms with van der Waals surface area (Å²) in [6, 6.07) is 5.08. The first-order valence-electron chi connectivity index (χ1n) is 6.70. The third-order valence-corrected chi connectivity index (χ3v) is 3.73. The van der Waals surface area contributed by atoms with Crippen molar-refractivity contribution in [1.82, 2.24) is 4.90 Å². The van der Waals surface area contributed by atoms with E-state index in [0.29, 0.717) is 31.5 Å². The minimum Gasteiger partial charge on any atom is -0.507 e. The van der Waals surface area contributed by atoms with Crippen molar-refractivity contribution in [3.8, 4) is 5.75 Å². The highest BCUT2D eigenvalue weighted by Gasteiger charge is 2.28. The number of phenols is 1. The summed E-state index contributed by atoms with van der Waals surface area (Å²) in [5.41, 5.74) is 0.574. The molecule has 1 aliphatic heterocycles. The molecule has 2 rings (SSSR count). The molecule has 1 saturated heterocycles. The number of aliphatic hydroxyl groups is 1. The summed E-state index contributed by atoms with van der Waals surface area (Å²) >= 11 is 0. The maximum Gasteiger partial charge on any atom is 0.257 e. The van der Waals surface area contributed by atoms with E-state index < -0.39 is 5.60 Å². The molecule has 1 aromatic rings. The van der Waals surface area contributed by atoms with Crippen LogP contribution in [0.15, 0.2) is 18.2 Å². The van der Waals surface area contributed by atoms with Crippen LogP contribution in [0.3, 0.4) is 0 Å². The van der Waals surface area contributed by atoms with E-state index in [1.807, 2.05) is 19.9 Å². The molecule has 0 aromatic heterocycles. The summed E-state index contributed by atoms with van der Waals surface area (Å²) in [6.07, 6.45) is 2.06. The zero-order valence-electron chi connectivity index (χ0n) is 11.5. The van der Waals surface area contributed by atoms with Gasteiger partial charge in [0.25, 0.3) is 5.91 Å². The molecule has 1 aromatic carbocycles. The number of rotatable bonds is 1. The monoisotopic (exact) mass is 263 g/mol. The second-order valence-electron chi connectivity index (χ2n) is 5.66. The average molecular weight is 263 g/mol. The van der Waals surface area contributed by atoms with Crippen molar-refractivity contribution in [3.63, 3.8) is 0 Å². The Morgan fingerprint density at radius 1 is 1.32 bits per heavy atom. The van der Waals surface area contributed by atoms with Crippen molar-refractivity contribution in [1.29, 1.82) is 0 Å². The van der Waals surface area contributed by atoms with Gasteiger partial charge >= 0.3 is 0 Å². The van der Waals surface area contributed by atoms with E-state index in [1.165, 1.54) is 0 Å². The predicted molar refractivity (Wildman–Crippen MR) is 73.2 cm³/mol. The SMILES string of the molecule is Cc1ccc(C(=O)N2CCCC(C)(O)CC2)c(O)c1. The van der Waals surface area contributed by atoms with Gasteiger partial charge in [0.1, 0.15) is 5.75 Å². The van der Waals surface area contributed by atoms with Crippen LogP contribution in [0.25, 0.3) is 0 Å². The fraction of sp³-hybridized carbons (Fsp3) is 0.533. The van der Waals surface area contributed by atoms with Gasteiger partial charge in [-0.2, -0.15) is 0 Å². The van der Waals surface area contributed by atoms with E-state index >= 15 is 0 Å². The minimum atomic E-state index is -0.690. The molecule has 0 spiro atoms. The Kier molecular flexibility index (Phi) is 3.80. The Balaban J connectivity index is 2.15. The fourth-order valence-electron chi connectivity index (χ4n) is 2.46. The van der Waals surface area contributed by atoms with Crippen LogP contribution >= 0.6 is 0 Å². The van der Waals surface area contributed by atoms with Gasteiger partial charge in [-0.25, -0.2) is 0 Å². The molecule has 104 valence electrons. The van der Waals surface area contributed by atoms with Crippen LogP contribution in [0.4, 0.5) is 0 Å². The standard InChI is InChI=1S/C15H21NO3/c1-11-4-5-12(13(17)10-11)14(18)16-8-3-6-15(2,19)7-9-16/h4-5,10,17,19H,3,6-9H2,1-2H3. The average Bonchev–Trinajstić information content (AvgIpc) is 2.49. The number of carbonyl (C=O) groups excluding carboxylic acids is 1. The quantitative estimate of drug-likeness (QED) is 0.815. The van der Waals surface area contributed by atoms with Gasteiger partial charge in [-0.1, -0.05) is 6.07 Å². The minimum absolute atomic E-state index is 0.0287. The smallest absolute Gasteiger partial charge is 0.257 e. The number of phenolic OH excluding ortho intramolecular Hbond substituents is 1. The molecule has 19 heavy (non-hydrogen) atoms. The summed E-state index contributed by atoms with van der Waals surface area (Å²) in [6.45, 7) is 4.84. The van der Waals surface area contributed by atoms with Crippen LogP contribution in [0, 0.1) is 6.92 Å². The second-order valence-corrected chi connectivity index (χ2v) is 5.66. The van der Waals surface area contributed by atoms with Crippen LogP contribution in [0.2, 0.25) is 0 Å². The zero-order valence-corrected chi connectivity index (χ0v) is 11.5. The maximum absolute atomic E-state index is 12.4. The number of hydrogen-bond acceptors (Lipinski definition) is 3. The van der Waals surface area contributed by atoms with E-state index in [2.05, 4.69) is 0 Å². The van der Waals surface area contributed by atoms with Crippen LogP contribution < -0.4 is 0 Å². The molecule has 0 bridgehead atoms. The highest BCUT2D eigenvalue weighted by Crippen LogP contribution is 2.25. The molecule has 4 nitrogen and oxygen atoms in total. The van der Waals surface area contributed by atoms with Gasteiger partial charge < -0.3 is 15.1 Å². The molecule has 1 amide bonds. The Bertz CT molecular complexity index is 482. The maximum atomic E-state index is 12.4. The number of carbonyl (C=O) groups is 1. The molecule has 1 atom stereocenters. The Morgan fingerprint density at radius 3 is 2.74 bits per heavy atom. The highest BCUT2D eigenvalue weighted by atomic mass is 16.3. The zero-order chi connectivity index (χ0) is 14.0. The number of aromatic hydroxyl groups is 1. The number of amides is 1. The van der Waals surface area contributed by atoms with E-state index in [-0.39, 0.29) is 11.7 Å². The van der Waals surface area contributed by atoms with Gasteiger partial charge in [-0.15, -0.1) is 0 Å². The van der Waals surface area contributed by atoms with Gasteiger partial charge in [0.2, 0.25) is 0 Å². The lowest BCUT2D eigenvalue weighted by molar-refractivity contribution is 0.0437. The van der Waals surface area contributed by atoms with Gasteiger partial charge in [0, 0.05) is 13.1 Å². The van der Waals surface area contributed by atoms with Crippen LogP contribution in [0.5, 0.6) is 5.75 Å². The summed E-state index contributed by atoms with van der Waals surface area (Å²) in [4.78, 5) is 14.1. The van der Waals surface area contributed by atoms with Crippen molar-refractivity contribution < 1.29 is 15.0 Å². The lowest BCUT2D eigenvalue weighted by Gasteiger charge is -2.23. The van der Waals surface area contributed by atoms with E-state index in [1.54, 1.807) is 17.0 Å². The van der Waals surface area contributed by atoms with Gasteiger partial charge in [0.05, 0.1) is 11.2 Å². The van der Waals surface area contributed by atoms with Gasteiger partial charge in [-0.3, -0.25) is 4.79 Å². The van der Waals surface area contributed by atoms with Crippen molar-refractivity contribution in [2.24, 2.45) is 0 Å². The molecule has 1 heterocycles. The van der Waals surface area contributed by atoms with Crippen molar-refractivity contribution in [2.45, 2.75) is 38.7 Å². The third-order valence-electron chi connectivity index (χ3n) is 3.73. The molecule has 1 aliphatic rings. The Hall–Kier alpha value is -1.55. The second kappa shape index (κ2) is 5.21. The lowest BCUT2D eigenvalue weighted by atomic mass is 9.98. The Morgan fingerprint density at radius 2 is 2.05 bits per heavy atom. The number of hydrogen-bond donors (Lipinski definition) is 2. The van der Waals surface area contributed by atoms with Gasteiger partial charge in [0.15, 0.2) is 0 Å². The first-order valence-corrected chi connectivity index (χ1v) is 6.70. The number of aryl methyl sites for hydroxylation is 1. The normalized spacial score (nSPS) is 24.1. The van der Waals surface area contributed by atoms with Crippen LogP contribution in [-0.2, 0) is 0 Å². The molecular formula is C15H21NO3. The van der Waals surface area contributed by atoms with Crippen LogP contribution in [-0.4, -0.2) is 39.7 Å². The first-order chi connectivity index (χ1) is 8.89. The molecule has 2 N–H and O–H groups in total. The first kappa shape index (κ1) is 13.9. The van der Waals surface area contributed by atoms with Crippen molar-refractivity contribution >= 4 is 5.91 Å². The number of nitrogens with zero attached hydrogens (tertiary/aromatic N) is 1. The fourth-order valence-corrected chi connectivity index (χ4v) is 2.46. The molecule has 0 radical (unpaired) electrons. The molecular weight excluding hydrogens is 242 g/mol. The molecule has 0 saturated carbocycles. The molecule has 1 unspecified atom stereocenters. The molecule has 1 fully saturated rings. The number of likely N-dealkylation sites (tertiary alicyclic amines) is 1. The topological polar surface area (TPSA) is 60.8 Å². The summed E-state index contributed by atoms with van der Waals surface area (Å²) in [7, 11) is 0. The largest absolute Gasteiger partial charge is 0.507 e. The van der Waals surface area contributed by atoms with E-state index in [4.69, 9.17) is 0 Å². The lowest BCUT2D eigenvalue weighted by Crippen LogP contribution is -2.33. The van der Waals surface area contributed by atoms with E-state index in [0.717, 1.165) is 12.0 Å². The molecule has 0 aliphatic carbocycles. The predicted octanol–water partition coefficient (Wildman–Crippen LogP) is 2.08. The Labute approximate surface area is 113 Å². The summed E-state index contributed by atoms with van der Waals surface area (Å²) in [5, 5.41) is 19.9.